The number of carbonyl (C=O) groups is 1. The highest BCUT2D eigenvalue weighted by atomic mass is 19.1. The molecule has 0 atom stereocenters. The minimum Gasteiger partial charge on any atom is -0.384 e. The molecule has 0 aliphatic carbocycles. The highest BCUT2D eigenvalue weighted by molar-refractivity contribution is 5.92. The summed E-state index contributed by atoms with van der Waals surface area (Å²) in [5.41, 5.74) is 9.68. The van der Waals surface area contributed by atoms with Crippen LogP contribution in [0.2, 0.25) is 0 Å². The summed E-state index contributed by atoms with van der Waals surface area (Å²) in [5, 5.41) is 0. The molecule has 0 saturated heterocycles. The summed E-state index contributed by atoms with van der Waals surface area (Å²) in [6.07, 6.45) is 1.01. The predicted molar refractivity (Wildman–Crippen MR) is 37.1 cm³/mol. The first-order valence-corrected chi connectivity index (χ1v) is 2.82. The maximum Gasteiger partial charge on any atom is 0.253 e. The van der Waals surface area contributed by atoms with Gasteiger partial charge in [0.2, 0.25) is 0 Å². The number of nitrogens with two attached hydrogens (primary N) is 2. The number of aromatic nitrogens is 1. The van der Waals surface area contributed by atoms with Crippen LogP contribution in [0.25, 0.3) is 0 Å². The van der Waals surface area contributed by atoms with Gasteiger partial charge in [0.1, 0.15) is 11.6 Å². The summed E-state index contributed by atoms with van der Waals surface area (Å²) in [6.45, 7) is 0. The van der Waals surface area contributed by atoms with Gasteiger partial charge in [-0.3, -0.25) is 4.79 Å². The van der Waals surface area contributed by atoms with Gasteiger partial charge < -0.3 is 11.5 Å². The molecule has 0 unspecified atom stereocenters. The molecule has 5 heteroatoms. The van der Waals surface area contributed by atoms with Crippen LogP contribution in [0.5, 0.6) is 0 Å². The second-order valence-corrected chi connectivity index (χ2v) is 1.95. The minimum atomic E-state index is -0.852. The minimum absolute atomic E-state index is 0.0208. The van der Waals surface area contributed by atoms with Gasteiger partial charge in [-0.15, -0.1) is 0 Å². The summed E-state index contributed by atoms with van der Waals surface area (Å²) >= 11 is 0. The van der Waals surface area contributed by atoms with Crippen molar-refractivity contribution in [2.75, 3.05) is 5.73 Å². The molecule has 0 fully saturated rings. The fourth-order valence-corrected chi connectivity index (χ4v) is 0.627. The number of halogens is 1. The van der Waals surface area contributed by atoms with Crippen LogP contribution in [0.1, 0.15) is 10.4 Å². The first kappa shape index (κ1) is 7.46. The van der Waals surface area contributed by atoms with Crippen molar-refractivity contribution >= 4 is 11.7 Å². The first-order valence-electron chi connectivity index (χ1n) is 2.82. The van der Waals surface area contributed by atoms with Crippen LogP contribution in [0.4, 0.5) is 10.2 Å². The van der Waals surface area contributed by atoms with Crippen LogP contribution in [0.15, 0.2) is 12.3 Å². The van der Waals surface area contributed by atoms with E-state index in [9.17, 15) is 9.18 Å². The first-order chi connectivity index (χ1) is 5.11. The quantitative estimate of drug-likeness (QED) is 0.594. The predicted octanol–water partition coefficient (Wildman–Crippen LogP) is -0.0982. The molecule has 1 rings (SSSR count). The van der Waals surface area contributed by atoms with Crippen LogP contribution in [-0.4, -0.2) is 10.9 Å². The number of pyridine rings is 1. The highest BCUT2D eigenvalue weighted by Crippen LogP contribution is 2.06. The summed E-state index contributed by atoms with van der Waals surface area (Å²) in [6, 6.07) is 0.945. The maximum atomic E-state index is 12.7. The van der Waals surface area contributed by atoms with Crippen molar-refractivity contribution in [1.82, 2.24) is 4.98 Å². The van der Waals surface area contributed by atoms with Gasteiger partial charge in [0, 0.05) is 12.3 Å². The van der Waals surface area contributed by atoms with Crippen molar-refractivity contribution in [1.29, 1.82) is 0 Å². The average molecular weight is 155 g/mol. The van der Waals surface area contributed by atoms with E-state index in [1.54, 1.807) is 0 Å². The monoisotopic (exact) mass is 155 g/mol. The summed E-state index contributed by atoms with van der Waals surface area (Å²) in [5.74, 6) is -1.58. The van der Waals surface area contributed by atoms with E-state index in [0.29, 0.717) is 0 Å². The number of hydrogen-bond acceptors (Lipinski definition) is 3. The van der Waals surface area contributed by atoms with Gasteiger partial charge in [-0.1, -0.05) is 0 Å². The Morgan fingerprint density at radius 1 is 1.64 bits per heavy atom. The van der Waals surface area contributed by atoms with Gasteiger partial charge in [-0.05, 0) is 0 Å². The molecule has 1 amide bonds. The van der Waals surface area contributed by atoms with Crippen molar-refractivity contribution < 1.29 is 9.18 Å². The smallest absolute Gasteiger partial charge is 0.253 e. The lowest BCUT2D eigenvalue weighted by atomic mass is 10.2. The van der Waals surface area contributed by atoms with E-state index >= 15 is 0 Å². The molecule has 0 saturated carbocycles. The Morgan fingerprint density at radius 2 is 2.27 bits per heavy atom. The molecule has 4 N–H and O–H groups in total. The van der Waals surface area contributed by atoms with E-state index in [4.69, 9.17) is 11.5 Å². The summed E-state index contributed by atoms with van der Waals surface area (Å²) in [7, 11) is 0. The lowest BCUT2D eigenvalue weighted by Crippen LogP contribution is -2.13. The van der Waals surface area contributed by atoms with Crippen LogP contribution >= 0.6 is 0 Å². The van der Waals surface area contributed by atoms with Gasteiger partial charge in [0.15, 0.2) is 0 Å². The molecule has 0 aliphatic heterocycles. The van der Waals surface area contributed by atoms with Crippen LogP contribution < -0.4 is 11.5 Å². The molecule has 0 spiro atoms. The third-order valence-corrected chi connectivity index (χ3v) is 1.14. The number of amides is 1. The number of nitrogens with zero attached hydrogens (tertiary/aromatic N) is 1. The van der Waals surface area contributed by atoms with Crippen molar-refractivity contribution in [2.45, 2.75) is 0 Å². The number of primary amides is 1. The summed E-state index contributed by atoms with van der Waals surface area (Å²) < 4.78 is 12.7. The number of carbonyl (C=O) groups excluding carboxylic acids is 1. The lowest BCUT2D eigenvalue weighted by molar-refractivity contribution is 0.0996. The van der Waals surface area contributed by atoms with E-state index in [1.165, 1.54) is 0 Å². The number of nitrogen functional groups attached to an aromatic ring is 1. The fourth-order valence-electron chi connectivity index (χ4n) is 0.627. The van der Waals surface area contributed by atoms with Crippen LogP contribution in [-0.2, 0) is 0 Å². The molecular weight excluding hydrogens is 149 g/mol. The SMILES string of the molecule is NC(=O)c1cnc(N)cc1F. The van der Waals surface area contributed by atoms with Gasteiger partial charge in [-0.25, -0.2) is 9.37 Å². The lowest BCUT2D eigenvalue weighted by Gasteiger charge is -1.96. The molecule has 0 aliphatic rings. The molecule has 4 nitrogen and oxygen atoms in total. The molecule has 1 aromatic rings. The zero-order chi connectivity index (χ0) is 8.43. The average Bonchev–Trinajstić information content (AvgIpc) is 1.85. The number of rotatable bonds is 1. The Hall–Kier alpha value is -1.65. The molecule has 0 bridgehead atoms. The van der Waals surface area contributed by atoms with E-state index in [1.807, 2.05) is 0 Å². The second-order valence-electron chi connectivity index (χ2n) is 1.95. The second kappa shape index (κ2) is 2.53. The van der Waals surface area contributed by atoms with Gasteiger partial charge in [0.05, 0.1) is 5.56 Å². The van der Waals surface area contributed by atoms with Crippen LogP contribution in [0, 0.1) is 5.82 Å². The molecule has 0 aromatic carbocycles. The molecule has 0 radical (unpaired) electrons. The zero-order valence-electron chi connectivity index (χ0n) is 5.54. The molecule has 11 heavy (non-hydrogen) atoms. The normalized spacial score (nSPS) is 9.55. The molecule has 1 heterocycles. The fraction of sp³-hybridized carbons (Fsp3) is 0. The molecule has 58 valence electrons. The van der Waals surface area contributed by atoms with Gasteiger partial charge in [-0.2, -0.15) is 0 Å². The Morgan fingerprint density at radius 3 is 2.73 bits per heavy atom. The standard InChI is InChI=1S/C6H6FN3O/c7-4-1-5(8)10-2-3(4)6(9)11/h1-2H,(H2,8,10)(H2,9,11). The molecule has 1 aromatic heterocycles. The van der Waals surface area contributed by atoms with Gasteiger partial charge >= 0.3 is 0 Å². The highest BCUT2D eigenvalue weighted by Gasteiger charge is 2.07. The Bertz CT molecular complexity index is 300. The summed E-state index contributed by atoms with van der Waals surface area (Å²) in [4.78, 5) is 13.9. The molecular formula is C6H6FN3O. The third-order valence-electron chi connectivity index (χ3n) is 1.14. The maximum absolute atomic E-state index is 12.7. The van der Waals surface area contributed by atoms with E-state index in [0.717, 1.165) is 12.3 Å². The zero-order valence-corrected chi connectivity index (χ0v) is 5.54. The van der Waals surface area contributed by atoms with Gasteiger partial charge in [0.25, 0.3) is 5.91 Å². The number of hydrogen-bond donors (Lipinski definition) is 2. The van der Waals surface area contributed by atoms with Crippen molar-refractivity contribution in [2.24, 2.45) is 5.73 Å². The topological polar surface area (TPSA) is 82.0 Å². The Labute approximate surface area is 62.0 Å². The Balaban J connectivity index is 3.20. The van der Waals surface area contributed by atoms with Crippen molar-refractivity contribution in [3.05, 3.63) is 23.6 Å². The largest absolute Gasteiger partial charge is 0.384 e. The van der Waals surface area contributed by atoms with E-state index < -0.39 is 11.7 Å². The number of anilines is 1. The van der Waals surface area contributed by atoms with E-state index in [-0.39, 0.29) is 11.4 Å². The Kier molecular flexibility index (Phi) is 1.72. The van der Waals surface area contributed by atoms with Crippen molar-refractivity contribution in [3.63, 3.8) is 0 Å². The van der Waals surface area contributed by atoms with Crippen LogP contribution in [0.3, 0.4) is 0 Å². The van der Waals surface area contributed by atoms with Crippen molar-refractivity contribution in [3.8, 4) is 0 Å². The van der Waals surface area contributed by atoms with E-state index in [2.05, 4.69) is 4.98 Å². The third kappa shape index (κ3) is 1.43.